The fourth-order valence-electron chi connectivity index (χ4n) is 4.23. The summed E-state index contributed by atoms with van der Waals surface area (Å²) in [5.74, 6) is -0.785. The van der Waals surface area contributed by atoms with Gasteiger partial charge in [-0.1, -0.05) is 18.2 Å². The van der Waals surface area contributed by atoms with Gasteiger partial charge in [0.2, 0.25) is 0 Å². The predicted molar refractivity (Wildman–Crippen MR) is 122 cm³/mol. The quantitative estimate of drug-likeness (QED) is 0.541. The van der Waals surface area contributed by atoms with Gasteiger partial charge >= 0.3 is 0 Å². The zero-order valence-corrected chi connectivity index (χ0v) is 18.1. The summed E-state index contributed by atoms with van der Waals surface area (Å²) in [6.45, 7) is 1.80. The van der Waals surface area contributed by atoms with Gasteiger partial charge in [-0.3, -0.25) is 9.59 Å². The highest BCUT2D eigenvalue weighted by atomic mass is 19.1. The molecule has 1 heterocycles. The monoisotopic (exact) mass is 446 g/mol. The molecule has 6 nitrogen and oxygen atoms in total. The van der Waals surface area contributed by atoms with E-state index in [1.807, 2.05) is 0 Å². The minimum atomic E-state index is -0.608. The molecule has 1 saturated carbocycles. The number of fused-ring (bicyclic) bond motifs is 1. The molecule has 1 aliphatic heterocycles. The van der Waals surface area contributed by atoms with Crippen LogP contribution in [0.2, 0.25) is 0 Å². The fraction of sp³-hybridized carbons (Fsp3) is 0.231. The molecule has 0 aromatic heterocycles. The molecule has 1 spiro atoms. The molecular formula is C26H23FN2O4. The maximum absolute atomic E-state index is 13.9. The normalized spacial score (nSPS) is 15.5. The van der Waals surface area contributed by atoms with Gasteiger partial charge in [-0.15, -0.1) is 0 Å². The lowest BCUT2D eigenvalue weighted by atomic mass is 10.1. The Labute approximate surface area is 190 Å². The van der Waals surface area contributed by atoms with Crippen LogP contribution < -0.4 is 20.1 Å². The van der Waals surface area contributed by atoms with Crippen molar-refractivity contribution in [1.82, 2.24) is 0 Å². The molecule has 2 amide bonds. The van der Waals surface area contributed by atoms with Crippen molar-refractivity contribution in [3.63, 3.8) is 0 Å². The van der Waals surface area contributed by atoms with E-state index in [0.29, 0.717) is 28.4 Å². The summed E-state index contributed by atoms with van der Waals surface area (Å²) in [6, 6.07) is 16.0. The van der Waals surface area contributed by atoms with Crippen molar-refractivity contribution in [3.05, 3.63) is 83.2 Å². The van der Waals surface area contributed by atoms with Gasteiger partial charge in [-0.05, 0) is 61.7 Å². The molecule has 0 radical (unpaired) electrons. The van der Waals surface area contributed by atoms with Crippen LogP contribution in [-0.2, 0) is 0 Å². The highest BCUT2D eigenvalue weighted by Crippen LogP contribution is 2.47. The number of hydrogen-bond acceptors (Lipinski definition) is 4. The van der Waals surface area contributed by atoms with Crippen molar-refractivity contribution < 1.29 is 23.5 Å². The van der Waals surface area contributed by atoms with E-state index in [1.165, 1.54) is 18.2 Å². The molecule has 2 N–H and O–H groups in total. The van der Waals surface area contributed by atoms with E-state index in [4.69, 9.17) is 9.47 Å². The van der Waals surface area contributed by atoms with E-state index in [2.05, 4.69) is 10.6 Å². The number of rotatable bonds is 4. The number of ether oxygens (including phenoxy) is 2. The molecule has 0 unspecified atom stereocenters. The third-order valence-electron chi connectivity index (χ3n) is 6.03. The molecule has 3 aromatic carbocycles. The lowest BCUT2D eigenvalue weighted by molar-refractivity contribution is -0.0716. The van der Waals surface area contributed by atoms with Crippen molar-refractivity contribution in [2.24, 2.45) is 0 Å². The summed E-state index contributed by atoms with van der Waals surface area (Å²) in [5.41, 5.74) is 2.06. The number of carbonyl (C=O) groups excluding carboxylic acids is 2. The van der Waals surface area contributed by atoms with Crippen LogP contribution in [0.3, 0.4) is 0 Å². The van der Waals surface area contributed by atoms with Crippen LogP contribution >= 0.6 is 0 Å². The molecule has 2 aliphatic rings. The van der Waals surface area contributed by atoms with Crippen molar-refractivity contribution in [3.8, 4) is 11.5 Å². The number of aryl methyl sites for hydroxylation is 1. The van der Waals surface area contributed by atoms with Gasteiger partial charge in [0.05, 0.1) is 5.56 Å². The second kappa shape index (κ2) is 8.24. The first-order valence-electron chi connectivity index (χ1n) is 10.9. The number of carbonyl (C=O) groups is 2. The Hall–Kier alpha value is -3.87. The minimum absolute atomic E-state index is 0.0628. The number of hydrogen-bond donors (Lipinski definition) is 2. The van der Waals surface area contributed by atoms with E-state index in [-0.39, 0.29) is 11.5 Å². The summed E-state index contributed by atoms with van der Waals surface area (Å²) < 4.78 is 26.0. The topological polar surface area (TPSA) is 76.7 Å². The summed E-state index contributed by atoms with van der Waals surface area (Å²) in [4.78, 5) is 25.4. The first-order valence-corrected chi connectivity index (χ1v) is 10.9. The lowest BCUT2D eigenvalue weighted by Gasteiger charge is -2.21. The van der Waals surface area contributed by atoms with Gasteiger partial charge < -0.3 is 20.1 Å². The van der Waals surface area contributed by atoms with Gasteiger partial charge in [0.15, 0.2) is 11.5 Å². The molecule has 0 saturated heterocycles. The van der Waals surface area contributed by atoms with E-state index < -0.39 is 17.5 Å². The zero-order valence-electron chi connectivity index (χ0n) is 18.1. The van der Waals surface area contributed by atoms with Gasteiger partial charge in [-0.25, -0.2) is 4.39 Å². The largest absolute Gasteiger partial charge is 0.448 e. The average molecular weight is 446 g/mol. The van der Waals surface area contributed by atoms with E-state index in [0.717, 1.165) is 31.2 Å². The first kappa shape index (κ1) is 21.0. The van der Waals surface area contributed by atoms with Crippen LogP contribution in [0.1, 0.15) is 52.0 Å². The second-order valence-corrected chi connectivity index (χ2v) is 8.40. The third kappa shape index (κ3) is 4.14. The Morgan fingerprint density at radius 1 is 0.879 bits per heavy atom. The number of anilines is 2. The molecule has 0 atom stereocenters. The average Bonchev–Trinajstić information content (AvgIpc) is 3.40. The highest BCUT2D eigenvalue weighted by Gasteiger charge is 2.44. The maximum atomic E-state index is 13.9. The minimum Gasteiger partial charge on any atom is -0.448 e. The first-order chi connectivity index (χ1) is 15.9. The molecule has 5 rings (SSSR count). The summed E-state index contributed by atoms with van der Waals surface area (Å²) >= 11 is 0. The number of halogens is 1. The molecule has 7 heteroatoms. The van der Waals surface area contributed by atoms with Gasteiger partial charge in [0.25, 0.3) is 17.6 Å². The number of benzene rings is 3. The van der Waals surface area contributed by atoms with Crippen molar-refractivity contribution >= 4 is 23.2 Å². The van der Waals surface area contributed by atoms with Crippen LogP contribution in [0.25, 0.3) is 0 Å². The molecule has 1 aliphatic carbocycles. The fourth-order valence-corrected chi connectivity index (χ4v) is 4.23. The van der Waals surface area contributed by atoms with E-state index >= 15 is 0 Å². The summed E-state index contributed by atoms with van der Waals surface area (Å²) in [5, 5.41) is 5.55. The predicted octanol–water partition coefficient (Wildman–Crippen LogP) is 5.68. The SMILES string of the molecule is Cc1ccc(C(=O)Nc2ccc3c(c2)OC2(CCCC2)O3)cc1NC(=O)c1ccccc1F. The number of amides is 2. The second-order valence-electron chi connectivity index (χ2n) is 8.40. The molecule has 168 valence electrons. The highest BCUT2D eigenvalue weighted by molar-refractivity contribution is 6.08. The van der Waals surface area contributed by atoms with Gasteiger partial charge in [0, 0.05) is 35.8 Å². The molecule has 0 bridgehead atoms. The lowest BCUT2D eigenvalue weighted by Crippen LogP contribution is -2.34. The Morgan fingerprint density at radius 3 is 2.42 bits per heavy atom. The van der Waals surface area contributed by atoms with E-state index in [1.54, 1.807) is 49.4 Å². The summed E-state index contributed by atoms with van der Waals surface area (Å²) in [6.07, 6.45) is 3.85. The third-order valence-corrected chi connectivity index (χ3v) is 6.03. The van der Waals surface area contributed by atoms with Crippen molar-refractivity contribution in [2.45, 2.75) is 38.4 Å². The van der Waals surface area contributed by atoms with E-state index in [9.17, 15) is 14.0 Å². The van der Waals surface area contributed by atoms with Gasteiger partial charge in [0.1, 0.15) is 5.82 Å². The van der Waals surface area contributed by atoms with Gasteiger partial charge in [-0.2, -0.15) is 0 Å². The summed E-state index contributed by atoms with van der Waals surface area (Å²) in [7, 11) is 0. The van der Waals surface area contributed by atoms with Crippen molar-refractivity contribution in [1.29, 1.82) is 0 Å². The molecule has 33 heavy (non-hydrogen) atoms. The van der Waals surface area contributed by atoms with Crippen LogP contribution in [0.5, 0.6) is 11.5 Å². The van der Waals surface area contributed by atoms with Crippen molar-refractivity contribution in [2.75, 3.05) is 10.6 Å². The standard InChI is InChI=1S/C26H23FN2O4/c1-16-8-9-17(14-21(16)29-25(31)19-6-2-3-7-20(19)27)24(30)28-18-10-11-22-23(15-18)33-26(32-22)12-4-5-13-26/h2-3,6-11,14-15H,4-5,12-13H2,1H3,(H,28,30)(H,29,31). The Kier molecular flexibility index (Phi) is 5.24. The molecule has 1 fully saturated rings. The molecular weight excluding hydrogens is 423 g/mol. The van der Waals surface area contributed by atoms with Crippen LogP contribution in [-0.4, -0.2) is 17.6 Å². The Balaban J connectivity index is 1.31. The Morgan fingerprint density at radius 2 is 1.64 bits per heavy atom. The van der Waals surface area contributed by atoms with Crippen LogP contribution in [0, 0.1) is 12.7 Å². The Bertz CT molecular complexity index is 1250. The number of nitrogens with one attached hydrogen (secondary N) is 2. The maximum Gasteiger partial charge on any atom is 0.258 e. The van der Waals surface area contributed by atoms with Crippen LogP contribution in [0.15, 0.2) is 60.7 Å². The zero-order chi connectivity index (χ0) is 23.0. The smallest absolute Gasteiger partial charge is 0.258 e. The van der Waals surface area contributed by atoms with Crippen LogP contribution in [0.4, 0.5) is 15.8 Å². The molecule has 3 aromatic rings.